The van der Waals surface area contributed by atoms with Crippen LogP contribution in [0.15, 0.2) is 54.1 Å². The summed E-state index contributed by atoms with van der Waals surface area (Å²) in [6.45, 7) is 9.71. The van der Waals surface area contributed by atoms with Crippen molar-refractivity contribution in [2.75, 3.05) is 32.8 Å². The molecule has 34 heavy (non-hydrogen) atoms. The molecule has 1 aliphatic rings. The largest absolute Gasteiger partial charge is 0.508 e. The summed E-state index contributed by atoms with van der Waals surface area (Å²) < 4.78 is 5.67. The summed E-state index contributed by atoms with van der Waals surface area (Å²) in [6.07, 6.45) is 1.54. The van der Waals surface area contributed by atoms with Crippen LogP contribution in [0.2, 0.25) is 0 Å². The first-order valence-corrected chi connectivity index (χ1v) is 11.9. The van der Waals surface area contributed by atoms with Gasteiger partial charge >= 0.3 is 0 Å². The zero-order valence-electron chi connectivity index (χ0n) is 20.2. The molecule has 0 radical (unpaired) electrons. The number of rotatable bonds is 11. The van der Waals surface area contributed by atoms with Crippen molar-refractivity contribution in [3.8, 4) is 11.5 Å². The van der Waals surface area contributed by atoms with Gasteiger partial charge < -0.3 is 24.7 Å². The number of aliphatic hydroxyl groups excluding tert-OH is 1. The number of amides is 1. The molecule has 1 unspecified atom stereocenters. The fourth-order valence-corrected chi connectivity index (χ4v) is 4.23. The van der Waals surface area contributed by atoms with Crippen LogP contribution in [0.25, 0.3) is 5.76 Å². The van der Waals surface area contributed by atoms with Gasteiger partial charge in [0.25, 0.3) is 11.7 Å². The third-order valence-corrected chi connectivity index (χ3v) is 6.10. The Kier molecular flexibility index (Phi) is 8.71. The second-order valence-corrected chi connectivity index (χ2v) is 8.34. The van der Waals surface area contributed by atoms with E-state index in [9.17, 15) is 19.8 Å². The maximum atomic E-state index is 13.1. The summed E-state index contributed by atoms with van der Waals surface area (Å²) in [5.74, 6) is -0.899. The van der Waals surface area contributed by atoms with Gasteiger partial charge in [-0.25, -0.2) is 0 Å². The average molecular weight is 467 g/mol. The molecule has 0 spiro atoms. The molecule has 1 saturated heterocycles. The van der Waals surface area contributed by atoms with Crippen LogP contribution >= 0.6 is 0 Å². The topological polar surface area (TPSA) is 90.3 Å². The highest BCUT2D eigenvalue weighted by Gasteiger charge is 2.45. The maximum absolute atomic E-state index is 13.1. The third-order valence-electron chi connectivity index (χ3n) is 6.10. The molecule has 0 aromatic heterocycles. The van der Waals surface area contributed by atoms with Gasteiger partial charge in [0.1, 0.15) is 17.3 Å². The molecule has 182 valence electrons. The molecule has 7 nitrogen and oxygen atoms in total. The zero-order valence-corrected chi connectivity index (χ0v) is 20.2. The van der Waals surface area contributed by atoms with Crippen LogP contribution in [0.5, 0.6) is 11.5 Å². The molecule has 7 heteroatoms. The fraction of sp³-hybridized carbons (Fsp3) is 0.407. The maximum Gasteiger partial charge on any atom is 0.295 e. The number of phenolic OH excluding ortho intramolecular Hbond substituents is 1. The van der Waals surface area contributed by atoms with Crippen molar-refractivity contribution in [2.24, 2.45) is 0 Å². The Morgan fingerprint density at radius 3 is 2.41 bits per heavy atom. The summed E-state index contributed by atoms with van der Waals surface area (Å²) in [5.41, 5.74) is 1.12. The minimum Gasteiger partial charge on any atom is -0.508 e. The number of hydrogen-bond acceptors (Lipinski definition) is 6. The highest BCUT2D eigenvalue weighted by Crippen LogP contribution is 2.40. The Morgan fingerprint density at radius 2 is 1.76 bits per heavy atom. The van der Waals surface area contributed by atoms with Crippen molar-refractivity contribution in [2.45, 2.75) is 39.7 Å². The van der Waals surface area contributed by atoms with E-state index in [1.807, 2.05) is 6.92 Å². The standard InChI is InChI=1S/C27H34N2O5/c1-4-17-34-22-10-7-9-20(18-22)25(31)23-24(19-11-13-21(30)14-12-19)29(27(33)26(23)32)16-8-15-28(5-2)6-3/h7,9-14,18,24,30-31H,4-6,8,15-17H2,1-3H3/b25-23+. The Labute approximate surface area is 201 Å². The number of carbonyl (C=O) groups excluding carboxylic acids is 2. The number of hydrogen-bond donors (Lipinski definition) is 2. The Hall–Kier alpha value is -3.32. The average Bonchev–Trinajstić information content (AvgIpc) is 3.10. The van der Waals surface area contributed by atoms with Gasteiger partial charge in [0.15, 0.2) is 0 Å². The van der Waals surface area contributed by atoms with E-state index in [-0.39, 0.29) is 17.1 Å². The first-order chi connectivity index (χ1) is 16.4. The van der Waals surface area contributed by atoms with E-state index in [1.54, 1.807) is 36.4 Å². The number of carbonyl (C=O) groups is 2. The lowest BCUT2D eigenvalue weighted by atomic mass is 9.95. The van der Waals surface area contributed by atoms with Crippen LogP contribution in [0.3, 0.4) is 0 Å². The fourth-order valence-electron chi connectivity index (χ4n) is 4.23. The van der Waals surface area contributed by atoms with Crippen LogP contribution in [0.1, 0.15) is 50.8 Å². The number of Topliss-reactive ketones (excluding diaryl/α,β-unsaturated/α-hetero) is 1. The highest BCUT2D eigenvalue weighted by molar-refractivity contribution is 6.46. The summed E-state index contributed by atoms with van der Waals surface area (Å²) >= 11 is 0. The van der Waals surface area contributed by atoms with E-state index < -0.39 is 17.7 Å². The molecule has 1 amide bonds. The first kappa shape index (κ1) is 25.3. The second-order valence-electron chi connectivity index (χ2n) is 8.34. The van der Waals surface area contributed by atoms with Gasteiger partial charge in [-0.2, -0.15) is 0 Å². The van der Waals surface area contributed by atoms with Crippen LogP contribution in [-0.4, -0.2) is 64.5 Å². The molecule has 0 saturated carbocycles. The van der Waals surface area contributed by atoms with Crippen LogP contribution in [0, 0.1) is 0 Å². The number of aliphatic hydroxyl groups is 1. The molecule has 1 heterocycles. The number of aromatic hydroxyl groups is 1. The highest BCUT2D eigenvalue weighted by atomic mass is 16.5. The van der Waals surface area contributed by atoms with E-state index >= 15 is 0 Å². The Bertz CT molecular complexity index is 1030. The minimum absolute atomic E-state index is 0.0474. The van der Waals surface area contributed by atoms with Gasteiger partial charge in [-0.3, -0.25) is 9.59 Å². The molecule has 0 aliphatic carbocycles. The van der Waals surface area contributed by atoms with Gasteiger partial charge in [0.2, 0.25) is 0 Å². The number of ketones is 1. The second kappa shape index (κ2) is 11.7. The molecular weight excluding hydrogens is 432 g/mol. The number of ether oxygens (including phenoxy) is 1. The third kappa shape index (κ3) is 5.59. The zero-order chi connectivity index (χ0) is 24.7. The predicted molar refractivity (Wildman–Crippen MR) is 132 cm³/mol. The summed E-state index contributed by atoms with van der Waals surface area (Å²) in [6, 6.07) is 12.6. The Morgan fingerprint density at radius 1 is 1.06 bits per heavy atom. The predicted octanol–water partition coefficient (Wildman–Crippen LogP) is 4.33. The number of phenols is 1. The van der Waals surface area contributed by atoms with Gasteiger partial charge in [-0.15, -0.1) is 0 Å². The molecule has 1 aliphatic heterocycles. The monoisotopic (exact) mass is 466 g/mol. The first-order valence-electron chi connectivity index (χ1n) is 11.9. The SMILES string of the molecule is CCCOc1cccc(/C(O)=C2\C(=O)C(=O)N(CCCN(CC)CC)C2c2ccc(O)cc2)c1. The molecule has 0 bridgehead atoms. The van der Waals surface area contributed by atoms with Crippen LogP contribution in [0.4, 0.5) is 0 Å². The molecule has 1 fully saturated rings. The van der Waals surface area contributed by atoms with Crippen molar-refractivity contribution in [3.63, 3.8) is 0 Å². The lowest BCUT2D eigenvalue weighted by Crippen LogP contribution is -2.33. The van der Waals surface area contributed by atoms with E-state index in [0.29, 0.717) is 36.4 Å². The molecule has 2 aromatic rings. The lowest BCUT2D eigenvalue weighted by molar-refractivity contribution is -0.140. The number of benzene rings is 2. The minimum atomic E-state index is -0.738. The van der Waals surface area contributed by atoms with Crippen molar-refractivity contribution in [1.29, 1.82) is 0 Å². The quantitative estimate of drug-likeness (QED) is 0.291. The molecule has 3 rings (SSSR count). The molecule has 1 atom stereocenters. The van der Waals surface area contributed by atoms with Gasteiger partial charge in [0, 0.05) is 12.1 Å². The summed E-state index contributed by atoms with van der Waals surface area (Å²) in [4.78, 5) is 30.0. The van der Waals surface area contributed by atoms with Gasteiger partial charge in [-0.05, 0) is 62.3 Å². The van der Waals surface area contributed by atoms with Crippen LogP contribution < -0.4 is 4.74 Å². The molecular formula is C27H34N2O5. The van der Waals surface area contributed by atoms with Gasteiger partial charge in [-0.1, -0.05) is 45.0 Å². The normalized spacial score (nSPS) is 17.5. The summed E-state index contributed by atoms with van der Waals surface area (Å²) in [7, 11) is 0. The van der Waals surface area contributed by atoms with Crippen molar-refractivity contribution in [1.82, 2.24) is 9.80 Å². The lowest BCUT2D eigenvalue weighted by Gasteiger charge is -2.26. The Balaban J connectivity index is 2.01. The van der Waals surface area contributed by atoms with Crippen LogP contribution in [-0.2, 0) is 9.59 Å². The van der Waals surface area contributed by atoms with Crippen molar-refractivity contribution < 1.29 is 24.5 Å². The number of likely N-dealkylation sites (tertiary alicyclic amines) is 1. The number of nitrogens with zero attached hydrogens (tertiary/aromatic N) is 2. The molecule has 2 aromatic carbocycles. The van der Waals surface area contributed by atoms with Crippen molar-refractivity contribution >= 4 is 17.4 Å². The van der Waals surface area contributed by atoms with Gasteiger partial charge in [0.05, 0.1) is 18.2 Å². The summed E-state index contributed by atoms with van der Waals surface area (Å²) in [5, 5.41) is 21.0. The van der Waals surface area contributed by atoms with E-state index in [1.165, 1.54) is 17.0 Å². The van der Waals surface area contributed by atoms with E-state index in [0.717, 1.165) is 26.1 Å². The van der Waals surface area contributed by atoms with E-state index in [2.05, 4.69) is 18.7 Å². The van der Waals surface area contributed by atoms with E-state index in [4.69, 9.17) is 4.74 Å². The van der Waals surface area contributed by atoms with Crippen molar-refractivity contribution in [3.05, 3.63) is 65.2 Å². The molecule has 2 N–H and O–H groups in total. The smallest absolute Gasteiger partial charge is 0.295 e.